The normalized spacial score (nSPS) is 20.6. The Labute approximate surface area is 263 Å². The molecule has 7 nitrogen and oxygen atoms in total. The average molecular weight is 602 g/mol. The second kappa shape index (κ2) is 13.4. The molecule has 1 aromatic carbocycles. The Balaban J connectivity index is 1.68. The largest absolute Gasteiger partial charge is 0.497 e. The van der Waals surface area contributed by atoms with E-state index in [2.05, 4.69) is 41.1 Å². The summed E-state index contributed by atoms with van der Waals surface area (Å²) < 4.78 is 13.9. The number of hydrogen-bond acceptors (Lipinski definition) is 5. The zero-order valence-electron chi connectivity index (χ0n) is 27.8. The molecule has 5 rings (SSSR count). The van der Waals surface area contributed by atoms with Gasteiger partial charge in [0.1, 0.15) is 11.4 Å². The molecule has 2 aliphatic carbocycles. The van der Waals surface area contributed by atoms with Gasteiger partial charge in [-0.1, -0.05) is 37.0 Å². The van der Waals surface area contributed by atoms with Crippen LogP contribution in [-0.4, -0.2) is 61.2 Å². The highest BCUT2D eigenvalue weighted by Crippen LogP contribution is 2.49. The molecular weight excluding hydrogens is 550 g/mol. The maximum atomic E-state index is 14.2. The van der Waals surface area contributed by atoms with Crippen LogP contribution in [0.25, 0.3) is 10.9 Å². The van der Waals surface area contributed by atoms with E-state index in [-0.39, 0.29) is 23.7 Å². The SMILES string of the molecule is CNCCCCN(C)C(=O)C1=C(C)C2C=C(OC)C=CC2c2c(C3CCCCC3)c3ccc(C(=O)OC(C)(C)C)cc3n2C1. The smallest absolute Gasteiger partial charge is 0.338 e. The van der Waals surface area contributed by atoms with Crippen molar-refractivity contribution in [3.05, 3.63) is 70.2 Å². The van der Waals surface area contributed by atoms with Crippen LogP contribution in [0, 0.1) is 5.92 Å². The number of carbonyl (C=O) groups is 2. The number of nitrogens with zero attached hydrogens (tertiary/aromatic N) is 2. The van der Waals surface area contributed by atoms with E-state index in [1.807, 2.05) is 51.9 Å². The summed E-state index contributed by atoms with van der Waals surface area (Å²) in [6.07, 6.45) is 14.6. The highest BCUT2D eigenvalue weighted by Gasteiger charge is 2.38. The van der Waals surface area contributed by atoms with Crippen molar-refractivity contribution in [1.82, 2.24) is 14.8 Å². The van der Waals surface area contributed by atoms with Crippen LogP contribution in [-0.2, 0) is 20.8 Å². The summed E-state index contributed by atoms with van der Waals surface area (Å²) >= 11 is 0. The number of ether oxygens (including phenoxy) is 2. The van der Waals surface area contributed by atoms with E-state index in [0.717, 1.165) is 54.7 Å². The number of fused-ring (bicyclic) bond motifs is 5. The van der Waals surface area contributed by atoms with E-state index in [1.54, 1.807) is 7.11 Å². The van der Waals surface area contributed by atoms with Crippen molar-refractivity contribution in [1.29, 1.82) is 0 Å². The minimum atomic E-state index is -0.585. The zero-order valence-corrected chi connectivity index (χ0v) is 27.8. The van der Waals surface area contributed by atoms with Crippen molar-refractivity contribution in [3.63, 3.8) is 0 Å². The number of rotatable bonds is 9. The Bertz CT molecular complexity index is 1480. The second-order valence-electron chi connectivity index (χ2n) is 13.8. The van der Waals surface area contributed by atoms with Crippen molar-refractivity contribution >= 4 is 22.8 Å². The van der Waals surface area contributed by atoms with E-state index in [4.69, 9.17) is 9.47 Å². The van der Waals surface area contributed by atoms with Crippen molar-refractivity contribution in [3.8, 4) is 0 Å². The first kappa shape index (κ1) is 32.1. The summed E-state index contributed by atoms with van der Waals surface area (Å²) in [4.78, 5) is 29.4. The molecule has 3 aliphatic rings. The Kier molecular flexibility index (Phi) is 9.74. The van der Waals surface area contributed by atoms with Crippen LogP contribution in [0.15, 0.2) is 53.3 Å². The van der Waals surface area contributed by atoms with Crippen molar-refractivity contribution in [2.45, 2.75) is 96.6 Å². The number of nitrogens with one attached hydrogen (secondary N) is 1. The highest BCUT2D eigenvalue weighted by molar-refractivity contribution is 5.98. The highest BCUT2D eigenvalue weighted by atomic mass is 16.6. The molecule has 1 aliphatic heterocycles. The number of methoxy groups -OCH3 is 1. The topological polar surface area (TPSA) is 72.8 Å². The van der Waals surface area contributed by atoms with Crippen LogP contribution < -0.4 is 5.32 Å². The number of amides is 1. The molecule has 1 N–H and O–H groups in total. The molecule has 7 heteroatoms. The van der Waals surface area contributed by atoms with Gasteiger partial charge in [0.15, 0.2) is 0 Å². The van der Waals surface area contributed by atoms with E-state index < -0.39 is 5.60 Å². The van der Waals surface area contributed by atoms with E-state index >= 15 is 0 Å². The van der Waals surface area contributed by atoms with Gasteiger partial charge in [0, 0.05) is 47.6 Å². The Morgan fingerprint density at radius 1 is 1.09 bits per heavy atom. The number of hydrogen-bond donors (Lipinski definition) is 1. The van der Waals surface area contributed by atoms with Crippen LogP contribution in [0.4, 0.5) is 0 Å². The summed E-state index contributed by atoms with van der Waals surface area (Å²) in [7, 11) is 5.59. The third-order valence-corrected chi connectivity index (χ3v) is 9.61. The van der Waals surface area contributed by atoms with Gasteiger partial charge >= 0.3 is 5.97 Å². The Morgan fingerprint density at radius 3 is 2.52 bits per heavy atom. The number of benzene rings is 1. The lowest BCUT2D eigenvalue weighted by Gasteiger charge is -2.30. The molecule has 0 radical (unpaired) electrons. The van der Waals surface area contributed by atoms with Gasteiger partial charge in [0.2, 0.25) is 0 Å². The molecule has 0 spiro atoms. The summed E-state index contributed by atoms with van der Waals surface area (Å²) in [6, 6.07) is 6.05. The van der Waals surface area contributed by atoms with Gasteiger partial charge in [-0.3, -0.25) is 4.79 Å². The lowest BCUT2D eigenvalue weighted by molar-refractivity contribution is -0.126. The van der Waals surface area contributed by atoms with Crippen molar-refractivity contribution in [2.24, 2.45) is 5.92 Å². The summed E-state index contributed by atoms with van der Waals surface area (Å²) in [6.45, 7) is 9.93. The average Bonchev–Trinajstić information content (AvgIpc) is 3.26. The first-order valence-corrected chi connectivity index (χ1v) is 16.5. The summed E-state index contributed by atoms with van der Waals surface area (Å²) in [5.74, 6) is 1.09. The van der Waals surface area contributed by atoms with E-state index in [1.165, 1.54) is 35.9 Å². The molecule has 1 fully saturated rings. The van der Waals surface area contributed by atoms with E-state index in [0.29, 0.717) is 24.6 Å². The Hall–Kier alpha value is -3.32. The lowest BCUT2D eigenvalue weighted by Crippen LogP contribution is -2.31. The monoisotopic (exact) mass is 601 g/mol. The van der Waals surface area contributed by atoms with Gasteiger partial charge in [0.05, 0.1) is 19.2 Å². The van der Waals surface area contributed by atoms with E-state index in [9.17, 15) is 9.59 Å². The van der Waals surface area contributed by atoms with Crippen LogP contribution in [0.5, 0.6) is 0 Å². The molecule has 2 atom stereocenters. The van der Waals surface area contributed by atoms with Crippen LogP contribution in [0.3, 0.4) is 0 Å². The summed E-state index contributed by atoms with van der Waals surface area (Å²) in [5.41, 5.74) is 5.56. The standard InChI is InChI=1S/C37H51N3O4/c1-24-30-22-27(43-7)16-18-28(30)34-33(25-13-9-8-10-14-25)29-17-15-26(36(42)44-37(2,3)4)21-32(29)40(34)23-31(24)35(41)39(6)20-12-11-19-38-5/h15-18,21-22,25,28,30,38H,8-14,19-20,23H2,1-7H3. The first-order valence-electron chi connectivity index (χ1n) is 16.5. The number of aromatic nitrogens is 1. The fourth-order valence-electron chi connectivity index (χ4n) is 7.36. The zero-order chi connectivity index (χ0) is 31.6. The number of carbonyl (C=O) groups excluding carboxylic acids is 2. The van der Waals surface area contributed by atoms with Gasteiger partial charge < -0.3 is 24.3 Å². The Morgan fingerprint density at radius 2 is 1.84 bits per heavy atom. The molecular formula is C37H51N3O4. The van der Waals surface area contributed by atoms with Crippen LogP contribution in [0.2, 0.25) is 0 Å². The minimum absolute atomic E-state index is 0.00446. The number of allylic oxidation sites excluding steroid dienone is 4. The molecule has 2 unspecified atom stereocenters. The van der Waals surface area contributed by atoms with Gasteiger partial charge in [-0.2, -0.15) is 0 Å². The quantitative estimate of drug-likeness (QED) is 0.243. The number of unbranched alkanes of at least 4 members (excludes halogenated alkanes) is 1. The van der Waals surface area contributed by atoms with Crippen molar-refractivity contribution in [2.75, 3.05) is 34.3 Å². The minimum Gasteiger partial charge on any atom is -0.497 e. The molecule has 2 heterocycles. The predicted octanol–water partition coefficient (Wildman–Crippen LogP) is 7.23. The molecule has 238 valence electrons. The fraction of sp³-hybridized carbons (Fsp3) is 0.568. The van der Waals surface area contributed by atoms with Gasteiger partial charge in [-0.25, -0.2) is 4.79 Å². The molecule has 0 saturated heterocycles. The maximum Gasteiger partial charge on any atom is 0.338 e. The lowest BCUT2D eigenvalue weighted by atomic mass is 9.75. The predicted molar refractivity (Wildman–Crippen MR) is 177 cm³/mol. The van der Waals surface area contributed by atoms with Gasteiger partial charge in [-0.05, 0) is 103 Å². The number of esters is 1. The van der Waals surface area contributed by atoms with Crippen molar-refractivity contribution < 1.29 is 19.1 Å². The molecule has 1 saturated carbocycles. The molecule has 2 aromatic rings. The fourth-order valence-corrected chi connectivity index (χ4v) is 7.36. The molecule has 0 bridgehead atoms. The third-order valence-electron chi connectivity index (χ3n) is 9.61. The van der Waals surface area contributed by atoms with Crippen LogP contribution in [0.1, 0.15) is 106 Å². The maximum absolute atomic E-state index is 14.2. The third kappa shape index (κ3) is 6.53. The second-order valence-corrected chi connectivity index (χ2v) is 13.8. The first-order chi connectivity index (χ1) is 21.0. The van der Waals surface area contributed by atoms with Gasteiger partial charge in [0.25, 0.3) is 5.91 Å². The molecule has 44 heavy (non-hydrogen) atoms. The van der Waals surface area contributed by atoms with Gasteiger partial charge in [-0.15, -0.1) is 0 Å². The molecule has 1 amide bonds. The molecule has 1 aromatic heterocycles. The van der Waals surface area contributed by atoms with Crippen LogP contribution >= 0.6 is 0 Å². The summed E-state index contributed by atoms with van der Waals surface area (Å²) in [5, 5.41) is 4.39. The number of likely N-dealkylation sites (N-methyl/N-ethyl adjacent to an activating group) is 1.